The monoisotopic (exact) mass is 530 g/mol. The van der Waals surface area contributed by atoms with Crippen LogP contribution < -0.4 is 16.3 Å². The predicted octanol–water partition coefficient (Wildman–Crippen LogP) is 6.49. The molecule has 0 saturated carbocycles. The van der Waals surface area contributed by atoms with E-state index in [1.165, 1.54) is 0 Å². The number of aliphatic imine (C=N–C) groups is 2. The molecule has 8 bridgehead atoms. The summed E-state index contributed by atoms with van der Waals surface area (Å²) in [6.07, 6.45) is 0.613. The molecule has 0 saturated heterocycles. The molecule has 194 valence electrons. The molecule has 4 N–H and O–H groups in total. The van der Waals surface area contributed by atoms with Crippen molar-refractivity contribution in [1.82, 2.24) is 15.0 Å². The Balaban J connectivity index is 1.42. The zero-order valence-corrected chi connectivity index (χ0v) is 21.7. The molecule has 7 aromatic rings. The van der Waals surface area contributed by atoms with Gasteiger partial charge in [0.25, 0.3) is 0 Å². The SMILES string of the molecule is c1ccc2c(c1)CC1=Nc3[nH]c(c4ccccc34)Nc3[nH]c(c4ccccc34)N=c3[nH]c(c4ccccc34)=NC2=N1. The Labute approximate surface area is 232 Å². The molecule has 2 aliphatic heterocycles. The first-order chi connectivity index (χ1) is 20.3. The predicted molar refractivity (Wildman–Crippen MR) is 164 cm³/mol. The molecule has 0 spiro atoms. The lowest BCUT2D eigenvalue weighted by molar-refractivity contribution is 1.12. The number of amidine groups is 2. The van der Waals surface area contributed by atoms with Crippen LogP contribution >= 0.6 is 0 Å². The van der Waals surface area contributed by atoms with E-state index in [1.54, 1.807) is 0 Å². The van der Waals surface area contributed by atoms with Crippen molar-refractivity contribution in [3.8, 4) is 0 Å². The quantitative estimate of drug-likeness (QED) is 0.177. The zero-order chi connectivity index (χ0) is 26.9. The van der Waals surface area contributed by atoms with E-state index in [1.807, 2.05) is 48.5 Å². The number of rotatable bonds is 0. The largest absolute Gasteiger partial charge is 0.327 e. The highest BCUT2D eigenvalue weighted by Crippen LogP contribution is 2.38. The summed E-state index contributed by atoms with van der Waals surface area (Å²) < 4.78 is 0. The maximum Gasteiger partial charge on any atom is 0.163 e. The highest BCUT2D eigenvalue weighted by atomic mass is 15.1. The molecule has 8 heteroatoms. The number of anilines is 2. The maximum absolute atomic E-state index is 5.11. The molecule has 0 amide bonds. The Bertz CT molecular complexity index is 2380. The number of H-pyrrole nitrogens is 3. The van der Waals surface area contributed by atoms with Crippen molar-refractivity contribution in [2.45, 2.75) is 6.42 Å². The lowest BCUT2D eigenvalue weighted by Gasteiger charge is -2.14. The minimum absolute atomic E-state index is 0.613. The fraction of sp³-hybridized carbons (Fsp3) is 0.0303. The minimum Gasteiger partial charge on any atom is -0.327 e. The third kappa shape index (κ3) is 3.40. The number of fused-ring (bicyclic) bond motifs is 18. The first-order valence-corrected chi connectivity index (χ1v) is 13.6. The van der Waals surface area contributed by atoms with Crippen LogP contribution in [0.3, 0.4) is 0 Å². The van der Waals surface area contributed by atoms with E-state index in [9.17, 15) is 0 Å². The number of nitrogens with one attached hydrogen (secondary N) is 4. The molecule has 0 unspecified atom stereocenters. The van der Waals surface area contributed by atoms with E-state index in [-0.39, 0.29) is 0 Å². The van der Waals surface area contributed by atoms with Crippen molar-refractivity contribution in [2.75, 3.05) is 5.32 Å². The average molecular weight is 531 g/mol. The molecule has 0 aliphatic carbocycles. The summed E-state index contributed by atoms with van der Waals surface area (Å²) in [4.78, 5) is 30.8. The highest BCUT2D eigenvalue weighted by molar-refractivity contribution is 6.13. The van der Waals surface area contributed by atoms with E-state index in [0.29, 0.717) is 23.6 Å². The van der Waals surface area contributed by atoms with Gasteiger partial charge in [0.05, 0.1) is 0 Å². The van der Waals surface area contributed by atoms with Gasteiger partial charge in [-0.25, -0.2) is 20.0 Å². The third-order valence-corrected chi connectivity index (χ3v) is 7.84. The topological polar surface area (TPSA) is 109 Å². The number of aromatic nitrogens is 3. The van der Waals surface area contributed by atoms with Gasteiger partial charge in [-0.05, 0) is 5.56 Å². The molecular formula is C33H22N8. The molecular weight excluding hydrogens is 508 g/mol. The number of benzene rings is 4. The number of aromatic amines is 3. The Morgan fingerprint density at radius 1 is 0.463 bits per heavy atom. The van der Waals surface area contributed by atoms with Gasteiger partial charge in [0.1, 0.15) is 40.1 Å². The van der Waals surface area contributed by atoms with Gasteiger partial charge in [-0.1, -0.05) is 97.1 Å². The van der Waals surface area contributed by atoms with E-state index in [0.717, 1.165) is 72.2 Å². The molecule has 3 aromatic heterocycles. The lowest BCUT2D eigenvalue weighted by atomic mass is 10.0. The molecule has 5 heterocycles. The summed E-state index contributed by atoms with van der Waals surface area (Å²) in [7, 11) is 0. The molecule has 8 nitrogen and oxygen atoms in total. The molecule has 0 atom stereocenters. The molecule has 0 radical (unpaired) electrons. The Hall–Kier alpha value is -5.76. The summed E-state index contributed by atoms with van der Waals surface area (Å²) in [5.74, 6) is 4.53. The zero-order valence-electron chi connectivity index (χ0n) is 21.7. The molecule has 4 aromatic carbocycles. The number of hydrogen-bond donors (Lipinski definition) is 4. The summed E-state index contributed by atoms with van der Waals surface area (Å²) >= 11 is 0. The highest BCUT2D eigenvalue weighted by Gasteiger charge is 2.20. The summed E-state index contributed by atoms with van der Waals surface area (Å²) in [6.45, 7) is 0. The maximum atomic E-state index is 5.11. The van der Waals surface area contributed by atoms with Crippen LogP contribution in [0.2, 0.25) is 0 Å². The number of hydrogen-bond acceptors (Lipinski definition) is 5. The van der Waals surface area contributed by atoms with Crippen LogP contribution in [0.15, 0.2) is 117 Å². The second kappa shape index (κ2) is 8.37. The second-order valence-electron chi connectivity index (χ2n) is 10.3. The number of nitrogens with zero attached hydrogens (tertiary/aromatic N) is 4. The van der Waals surface area contributed by atoms with Gasteiger partial charge in [0.2, 0.25) is 0 Å². The molecule has 9 rings (SSSR count). The van der Waals surface area contributed by atoms with Gasteiger partial charge >= 0.3 is 0 Å². The van der Waals surface area contributed by atoms with Crippen LogP contribution in [0.1, 0.15) is 11.1 Å². The first-order valence-electron chi connectivity index (χ1n) is 13.6. The van der Waals surface area contributed by atoms with Gasteiger partial charge in [-0.2, -0.15) is 0 Å². The Morgan fingerprint density at radius 3 is 1.68 bits per heavy atom. The normalized spacial score (nSPS) is 14.1. The lowest BCUT2D eigenvalue weighted by Crippen LogP contribution is -2.19. The minimum atomic E-state index is 0.613. The first kappa shape index (κ1) is 22.1. The van der Waals surface area contributed by atoms with E-state index >= 15 is 0 Å². The summed E-state index contributed by atoms with van der Waals surface area (Å²) in [5.41, 5.74) is 3.59. The summed E-state index contributed by atoms with van der Waals surface area (Å²) in [6, 6.07) is 32.9. The van der Waals surface area contributed by atoms with Gasteiger partial charge < -0.3 is 20.3 Å². The Morgan fingerprint density at radius 2 is 1.00 bits per heavy atom. The van der Waals surface area contributed by atoms with Gasteiger partial charge in [-0.15, -0.1) is 0 Å². The molecule has 2 aliphatic rings. The van der Waals surface area contributed by atoms with E-state index in [2.05, 4.69) is 68.8 Å². The van der Waals surface area contributed by atoms with Gasteiger partial charge in [0, 0.05) is 44.3 Å². The fourth-order valence-corrected chi connectivity index (χ4v) is 5.92. The fourth-order valence-electron chi connectivity index (χ4n) is 5.92. The van der Waals surface area contributed by atoms with Crippen molar-refractivity contribution in [1.29, 1.82) is 0 Å². The van der Waals surface area contributed by atoms with Gasteiger partial charge in [-0.3, -0.25) is 0 Å². The van der Waals surface area contributed by atoms with Crippen LogP contribution in [-0.2, 0) is 6.42 Å². The van der Waals surface area contributed by atoms with E-state index < -0.39 is 0 Å². The second-order valence-corrected chi connectivity index (χ2v) is 10.3. The van der Waals surface area contributed by atoms with Crippen molar-refractivity contribution >= 4 is 67.3 Å². The molecule has 41 heavy (non-hydrogen) atoms. The van der Waals surface area contributed by atoms with Crippen molar-refractivity contribution in [3.63, 3.8) is 0 Å². The van der Waals surface area contributed by atoms with Crippen LogP contribution in [0.4, 0.5) is 23.3 Å². The average Bonchev–Trinajstić information content (AvgIpc) is 3.65. The van der Waals surface area contributed by atoms with Crippen molar-refractivity contribution in [3.05, 3.63) is 119 Å². The Kier molecular flexibility index (Phi) is 4.51. The van der Waals surface area contributed by atoms with Crippen LogP contribution in [0.25, 0.3) is 32.3 Å². The van der Waals surface area contributed by atoms with Crippen molar-refractivity contribution < 1.29 is 0 Å². The smallest absolute Gasteiger partial charge is 0.163 e. The standard InChI is InChI=1S/C33H22N8/c1-2-10-19-18(9-1)17-26-34-27(19)36-29-22-13-5-6-14-23(22)31(38-29)40-33-25-16-8-7-15-24(25)32(41-33)39-30-21-12-4-3-11-20(21)28(35-26)37-30/h1-16,37,39,41H,17H2,(H,34,35,36,38,40). The van der Waals surface area contributed by atoms with Crippen LogP contribution in [0, 0.1) is 0 Å². The van der Waals surface area contributed by atoms with E-state index in [4.69, 9.17) is 20.0 Å². The molecule has 0 fully saturated rings. The van der Waals surface area contributed by atoms with Crippen LogP contribution in [0.5, 0.6) is 0 Å². The third-order valence-electron chi connectivity index (χ3n) is 7.84. The van der Waals surface area contributed by atoms with Gasteiger partial charge in [0.15, 0.2) is 5.84 Å². The summed E-state index contributed by atoms with van der Waals surface area (Å²) in [5, 5.41) is 9.69. The van der Waals surface area contributed by atoms with Crippen molar-refractivity contribution in [2.24, 2.45) is 20.0 Å². The van der Waals surface area contributed by atoms with Crippen LogP contribution in [-0.4, -0.2) is 26.6 Å².